The fourth-order valence-corrected chi connectivity index (χ4v) is 4.96. The predicted octanol–water partition coefficient (Wildman–Crippen LogP) is 3.29. The summed E-state index contributed by atoms with van der Waals surface area (Å²) in [5, 5.41) is 0.774. The van der Waals surface area contributed by atoms with Gasteiger partial charge in [-0.2, -0.15) is 0 Å². The lowest BCUT2D eigenvalue weighted by atomic mass is 9.84. The number of likely N-dealkylation sites (N-methyl/N-ethyl adjacent to an activating group) is 2. The van der Waals surface area contributed by atoms with Crippen molar-refractivity contribution in [3.05, 3.63) is 59.8 Å². The quantitative estimate of drug-likeness (QED) is 0.573. The smallest absolute Gasteiger partial charge is 0.256 e. The number of thioether (sulfide) groups is 1. The Labute approximate surface area is 196 Å². The van der Waals surface area contributed by atoms with Crippen LogP contribution in [0.2, 0.25) is 0 Å². The zero-order chi connectivity index (χ0) is 23.1. The minimum atomic E-state index is 0.0533. The van der Waals surface area contributed by atoms with E-state index in [-0.39, 0.29) is 17.9 Å². The summed E-state index contributed by atoms with van der Waals surface area (Å²) < 4.78 is 0. The molecule has 2 amide bonds. The molecule has 172 valence electrons. The summed E-state index contributed by atoms with van der Waals surface area (Å²) in [5.74, 6) is 0.538. The topological polar surface area (TPSA) is 56.8 Å². The Kier molecular flexibility index (Phi) is 8.70. The Balaban J connectivity index is 1.71. The number of rotatable bonds is 8. The highest BCUT2D eigenvalue weighted by molar-refractivity contribution is 7.98. The first-order chi connectivity index (χ1) is 15.4. The third kappa shape index (κ3) is 6.11. The Bertz CT molecular complexity index is 898. The molecule has 6 nitrogen and oxygen atoms in total. The second kappa shape index (κ2) is 11.5. The Morgan fingerprint density at radius 3 is 2.41 bits per heavy atom. The van der Waals surface area contributed by atoms with E-state index in [2.05, 4.69) is 17.1 Å². The molecule has 0 aliphatic carbocycles. The van der Waals surface area contributed by atoms with E-state index in [0.717, 1.165) is 24.3 Å². The molecule has 1 atom stereocenters. The zero-order valence-electron chi connectivity index (χ0n) is 19.5. The summed E-state index contributed by atoms with van der Waals surface area (Å²) in [5.41, 5.74) is 1.91. The van der Waals surface area contributed by atoms with E-state index in [0.29, 0.717) is 31.1 Å². The van der Waals surface area contributed by atoms with Crippen LogP contribution < -0.4 is 0 Å². The van der Waals surface area contributed by atoms with Gasteiger partial charge in [-0.3, -0.25) is 9.59 Å². The molecule has 2 aromatic rings. The van der Waals surface area contributed by atoms with Crippen molar-refractivity contribution in [1.29, 1.82) is 0 Å². The molecular formula is C25H34N4O2S. The van der Waals surface area contributed by atoms with Crippen molar-refractivity contribution in [1.82, 2.24) is 19.7 Å². The lowest BCUT2D eigenvalue weighted by Crippen LogP contribution is -2.50. The van der Waals surface area contributed by atoms with Crippen LogP contribution in [0.25, 0.3) is 0 Å². The molecule has 7 heteroatoms. The monoisotopic (exact) mass is 454 g/mol. The maximum absolute atomic E-state index is 13.1. The maximum atomic E-state index is 13.1. The van der Waals surface area contributed by atoms with Crippen molar-refractivity contribution in [3.63, 3.8) is 0 Å². The summed E-state index contributed by atoms with van der Waals surface area (Å²) in [6, 6.07) is 14.2. The van der Waals surface area contributed by atoms with Crippen LogP contribution in [-0.4, -0.2) is 84.6 Å². The van der Waals surface area contributed by atoms with Gasteiger partial charge in [-0.1, -0.05) is 30.3 Å². The van der Waals surface area contributed by atoms with Crippen LogP contribution in [0.15, 0.2) is 53.7 Å². The van der Waals surface area contributed by atoms with Gasteiger partial charge in [0.1, 0.15) is 5.03 Å². The first kappa shape index (κ1) is 24.3. The maximum Gasteiger partial charge on any atom is 0.256 e. The third-order valence-electron chi connectivity index (χ3n) is 6.20. The van der Waals surface area contributed by atoms with Crippen molar-refractivity contribution < 1.29 is 9.59 Å². The van der Waals surface area contributed by atoms with E-state index in [1.165, 1.54) is 17.3 Å². The van der Waals surface area contributed by atoms with E-state index in [1.807, 2.05) is 72.4 Å². The molecule has 0 radical (unpaired) electrons. The number of pyridine rings is 1. The molecule has 1 aromatic carbocycles. The molecule has 1 aromatic heterocycles. The standard InChI is InChI=1S/C25H34N4O2S/c1-27(2)18-23(30)28(3)22(17-19-9-6-5-7-10-19)20-12-15-29(16-13-20)25(31)21-11-8-14-26-24(21)32-4/h5-11,14,20,22H,12-13,15-18H2,1-4H3/t22-/m0/s1. The van der Waals surface area contributed by atoms with Crippen LogP contribution in [0.3, 0.4) is 0 Å². The average molecular weight is 455 g/mol. The van der Waals surface area contributed by atoms with E-state index in [9.17, 15) is 9.59 Å². The molecule has 1 fully saturated rings. The second-order valence-electron chi connectivity index (χ2n) is 8.69. The molecule has 1 saturated heterocycles. The van der Waals surface area contributed by atoms with Gasteiger partial charge in [-0.15, -0.1) is 11.8 Å². The summed E-state index contributed by atoms with van der Waals surface area (Å²) in [7, 11) is 5.77. The van der Waals surface area contributed by atoms with Crippen molar-refractivity contribution in [3.8, 4) is 0 Å². The number of nitrogens with zero attached hydrogens (tertiary/aromatic N) is 4. The number of aromatic nitrogens is 1. The molecule has 0 bridgehead atoms. The number of benzene rings is 1. The van der Waals surface area contributed by atoms with Gasteiger partial charge in [0.15, 0.2) is 0 Å². The Morgan fingerprint density at radius 2 is 1.78 bits per heavy atom. The summed E-state index contributed by atoms with van der Waals surface area (Å²) >= 11 is 1.50. The number of carbonyl (C=O) groups excluding carboxylic acids is 2. The van der Waals surface area contributed by atoms with E-state index in [4.69, 9.17) is 0 Å². The number of amides is 2. The van der Waals surface area contributed by atoms with Crippen LogP contribution in [0, 0.1) is 5.92 Å². The molecule has 0 saturated carbocycles. The SMILES string of the molecule is CSc1ncccc1C(=O)N1CCC([C@H](Cc2ccccc2)N(C)C(=O)CN(C)C)CC1. The van der Waals surface area contributed by atoms with Gasteiger partial charge < -0.3 is 14.7 Å². The molecule has 3 rings (SSSR count). The highest BCUT2D eigenvalue weighted by atomic mass is 32.2. The normalized spacial score (nSPS) is 15.6. The lowest BCUT2D eigenvalue weighted by Gasteiger charge is -2.40. The molecule has 2 heterocycles. The molecule has 32 heavy (non-hydrogen) atoms. The molecule has 0 spiro atoms. The number of likely N-dealkylation sites (tertiary alicyclic amines) is 1. The van der Waals surface area contributed by atoms with Gasteiger partial charge >= 0.3 is 0 Å². The summed E-state index contributed by atoms with van der Waals surface area (Å²) in [6.45, 7) is 1.80. The van der Waals surface area contributed by atoms with Crippen molar-refractivity contribution in [2.45, 2.75) is 30.3 Å². The van der Waals surface area contributed by atoms with Crippen molar-refractivity contribution >= 4 is 23.6 Å². The van der Waals surface area contributed by atoms with E-state index >= 15 is 0 Å². The average Bonchev–Trinajstić information content (AvgIpc) is 2.82. The van der Waals surface area contributed by atoms with E-state index in [1.54, 1.807) is 6.20 Å². The van der Waals surface area contributed by atoms with Crippen LogP contribution in [-0.2, 0) is 11.2 Å². The highest BCUT2D eigenvalue weighted by Gasteiger charge is 2.33. The molecular weight excluding hydrogens is 420 g/mol. The van der Waals surface area contributed by atoms with Gasteiger partial charge in [0.2, 0.25) is 5.91 Å². The van der Waals surface area contributed by atoms with Crippen LogP contribution in [0.1, 0.15) is 28.8 Å². The largest absolute Gasteiger partial charge is 0.341 e. The number of hydrogen-bond donors (Lipinski definition) is 0. The minimum absolute atomic E-state index is 0.0533. The fraction of sp³-hybridized carbons (Fsp3) is 0.480. The van der Waals surface area contributed by atoms with Crippen molar-refractivity contribution in [2.75, 3.05) is 47.0 Å². The molecule has 1 aliphatic rings. The van der Waals surface area contributed by atoms with Crippen LogP contribution >= 0.6 is 11.8 Å². The lowest BCUT2D eigenvalue weighted by molar-refractivity contribution is -0.134. The molecule has 1 aliphatic heterocycles. The second-order valence-corrected chi connectivity index (χ2v) is 9.48. The summed E-state index contributed by atoms with van der Waals surface area (Å²) in [6.07, 6.45) is 6.27. The minimum Gasteiger partial charge on any atom is -0.341 e. The number of piperidine rings is 1. The van der Waals surface area contributed by atoms with Crippen LogP contribution in [0.4, 0.5) is 0 Å². The predicted molar refractivity (Wildman–Crippen MR) is 130 cm³/mol. The van der Waals surface area contributed by atoms with E-state index < -0.39 is 0 Å². The van der Waals surface area contributed by atoms with Gasteiger partial charge in [0.05, 0.1) is 12.1 Å². The molecule has 0 N–H and O–H groups in total. The zero-order valence-corrected chi connectivity index (χ0v) is 20.3. The van der Waals surface area contributed by atoms with Gasteiger partial charge in [-0.05, 0) is 63.2 Å². The Hall–Kier alpha value is -2.38. The Morgan fingerprint density at radius 1 is 1.09 bits per heavy atom. The van der Waals surface area contributed by atoms with Gasteiger partial charge in [0, 0.05) is 32.4 Å². The molecule has 0 unspecified atom stereocenters. The van der Waals surface area contributed by atoms with Gasteiger partial charge in [0.25, 0.3) is 5.91 Å². The number of carbonyl (C=O) groups is 2. The fourth-order valence-electron chi connectivity index (χ4n) is 4.42. The van der Waals surface area contributed by atoms with Crippen LogP contribution in [0.5, 0.6) is 0 Å². The number of hydrogen-bond acceptors (Lipinski definition) is 5. The summed E-state index contributed by atoms with van der Waals surface area (Å²) in [4.78, 5) is 36.1. The first-order valence-corrected chi connectivity index (χ1v) is 12.4. The van der Waals surface area contributed by atoms with Crippen molar-refractivity contribution in [2.24, 2.45) is 5.92 Å². The highest BCUT2D eigenvalue weighted by Crippen LogP contribution is 2.28. The third-order valence-corrected chi connectivity index (χ3v) is 6.91. The first-order valence-electron chi connectivity index (χ1n) is 11.1. The van der Waals surface area contributed by atoms with Gasteiger partial charge in [-0.25, -0.2) is 4.98 Å².